The quantitative estimate of drug-likeness (QED) is 0.752. The van der Waals surface area contributed by atoms with Crippen molar-refractivity contribution in [2.24, 2.45) is 5.92 Å². The molecule has 1 atom stereocenters. The van der Waals surface area contributed by atoms with E-state index in [0.29, 0.717) is 19.8 Å². The van der Waals surface area contributed by atoms with Gasteiger partial charge in [-0.2, -0.15) is 0 Å². The normalized spacial score (nSPS) is 18.4. The van der Waals surface area contributed by atoms with Crippen molar-refractivity contribution in [1.82, 2.24) is 5.32 Å². The summed E-state index contributed by atoms with van der Waals surface area (Å²) in [5.41, 5.74) is 1.88. The summed E-state index contributed by atoms with van der Waals surface area (Å²) in [6.07, 6.45) is 2.02. The van der Waals surface area contributed by atoms with Crippen LogP contribution in [0.25, 0.3) is 0 Å². The van der Waals surface area contributed by atoms with Crippen LogP contribution < -0.4 is 10.6 Å². The SMILES string of the molecule is COCCOCc1cccc(NC(=O)[C@@H]2CCCNC2)c1. The van der Waals surface area contributed by atoms with Gasteiger partial charge in [-0.05, 0) is 37.1 Å². The lowest BCUT2D eigenvalue weighted by Gasteiger charge is -2.22. The molecule has 1 aromatic rings. The van der Waals surface area contributed by atoms with Crippen LogP contribution >= 0.6 is 0 Å². The predicted molar refractivity (Wildman–Crippen MR) is 82.2 cm³/mol. The maximum absolute atomic E-state index is 12.2. The molecular formula is C16H24N2O3. The molecule has 1 amide bonds. The summed E-state index contributed by atoms with van der Waals surface area (Å²) >= 11 is 0. The Morgan fingerprint density at radius 3 is 3.10 bits per heavy atom. The molecule has 116 valence electrons. The van der Waals surface area contributed by atoms with Gasteiger partial charge in [-0.3, -0.25) is 4.79 Å². The third-order valence-electron chi connectivity index (χ3n) is 3.56. The number of methoxy groups -OCH3 is 1. The first-order valence-electron chi connectivity index (χ1n) is 7.47. The van der Waals surface area contributed by atoms with Crippen LogP contribution in [0.2, 0.25) is 0 Å². The van der Waals surface area contributed by atoms with Crippen LogP contribution in [-0.4, -0.2) is 39.3 Å². The lowest BCUT2D eigenvalue weighted by Crippen LogP contribution is -2.37. The Morgan fingerprint density at radius 2 is 2.33 bits per heavy atom. The summed E-state index contributed by atoms with van der Waals surface area (Å²) < 4.78 is 10.4. The van der Waals surface area contributed by atoms with E-state index >= 15 is 0 Å². The van der Waals surface area contributed by atoms with Crippen molar-refractivity contribution in [3.05, 3.63) is 29.8 Å². The van der Waals surface area contributed by atoms with E-state index < -0.39 is 0 Å². The predicted octanol–water partition coefficient (Wildman–Crippen LogP) is 1.79. The molecule has 1 aliphatic rings. The van der Waals surface area contributed by atoms with Gasteiger partial charge in [0.15, 0.2) is 0 Å². The van der Waals surface area contributed by atoms with E-state index in [0.717, 1.165) is 37.2 Å². The van der Waals surface area contributed by atoms with Crippen molar-refractivity contribution in [2.45, 2.75) is 19.4 Å². The standard InChI is InChI=1S/C16H24N2O3/c1-20-8-9-21-12-13-4-2-6-15(10-13)18-16(19)14-5-3-7-17-11-14/h2,4,6,10,14,17H,3,5,7-9,11-12H2,1H3,(H,18,19)/t14-/m1/s1. The van der Waals surface area contributed by atoms with Crippen LogP contribution in [-0.2, 0) is 20.9 Å². The van der Waals surface area contributed by atoms with E-state index in [2.05, 4.69) is 10.6 Å². The van der Waals surface area contributed by atoms with Crippen LogP contribution in [0.15, 0.2) is 24.3 Å². The molecule has 5 heteroatoms. The highest BCUT2D eigenvalue weighted by Crippen LogP contribution is 2.16. The van der Waals surface area contributed by atoms with Crippen molar-refractivity contribution in [3.8, 4) is 0 Å². The molecule has 2 rings (SSSR count). The van der Waals surface area contributed by atoms with Gasteiger partial charge < -0.3 is 20.1 Å². The number of benzene rings is 1. The van der Waals surface area contributed by atoms with E-state index in [9.17, 15) is 4.79 Å². The van der Waals surface area contributed by atoms with Gasteiger partial charge in [-0.25, -0.2) is 0 Å². The fraction of sp³-hybridized carbons (Fsp3) is 0.562. The van der Waals surface area contributed by atoms with Gasteiger partial charge in [-0.1, -0.05) is 12.1 Å². The molecule has 1 heterocycles. The third-order valence-corrected chi connectivity index (χ3v) is 3.56. The number of hydrogen-bond acceptors (Lipinski definition) is 4. The zero-order valence-corrected chi connectivity index (χ0v) is 12.6. The monoisotopic (exact) mass is 292 g/mol. The molecule has 1 aromatic carbocycles. The number of hydrogen-bond donors (Lipinski definition) is 2. The molecule has 0 bridgehead atoms. The third kappa shape index (κ3) is 5.46. The Hall–Kier alpha value is -1.43. The van der Waals surface area contributed by atoms with Crippen LogP contribution in [0.5, 0.6) is 0 Å². The van der Waals surface area contributed by atoms with Gasteiger partial charge in [0.05, 0.1) is 25.7 Å². The zero-order valence-electron chi connectivity index (χ0n) is 12.6. The van der Waals surface area contributed by atoms with E-state index in [1.807, 2.05) is 24.3 Å². The summed E-state index contributed by atoms with van der Waals surface area (Å²) in [5, 5.41) is 6.25. The number of carbonyl (C=O) groups is 1. The maximum Gasteiger partial charge on any atom is 0.228 e. The number of amides is 1. The van der Waals surface area contributed by atoms with Gasteiger partial charge in [0, 0.05) is 19.3 Å². The number of ether oxygens (including phenoxy) is 2. The first kappa shape index (κ1) is 15.9. The Kier molecular flexibility index (Phi) is 6.66. The Labute approximate surface area is 126 Å². The van der Waals surface area contributed by atoms with Gasteiger partial charge in [0.1, 0.15) is 0 Å². The van der Waals surface area contributed by atoms with Crippen LogP contribution in [0, 0.1) is 5.92 Å². The number of rotatable bonds is 7. The Bertz CT molecular complexity index is 445. The van der Waals surface area contributed by atoms with Gasteiger partial charge >= 0.3 is 0 Å². The topological polar surface area (TPSA) is 59.6 Å². The fourth-order valence-corrected chi connectivity index (χ4v) is 2.39. The molecule has 21 heavy (non-hydrogen) atoms. The summed E-state index contributed by atoms with van der Waals surface area (Å²) in [6, 6.07) is 7.79. The Morgan fingerprint density at radius 1 is 1.43 bits per heavy atom. The molecule has 5 nitrogen and oxygen atoms in total. The lowest BCUT2D eigenvalue weighted by atomic mass is 9.99. The average Bonchev–Trinajstić information content (AvgIpc) is 2.53. The lowest BCUT2D eigenvalue weighted by molar-refractivity contribution is -0.120. The number of nitrogens with one attached hydrogen (secondary N) is 2. The van der Waals surface area contributed by atoms with E-state index in [1.54, 1.807) is 7.11 Å². The summed E-state index contributed by atoms with van der Waals surface area (Å²) in [7, 11) is 1.65. The van der Waals surface area contributed by atoms with Crippen LogP contribution in [0.4, 0.5) is 5.69 Å². The molecule has 0 aromatic heterocycles. The van der Waals surface area contributed by atoms with Crippen molar-refractivity contribution in [3.63, 3.8) is 0 Å². The Balaban J connectivity index is 1.83. The molecule has 0 aliphatic carbocycles. The van der Waals surface area contributed by atoms with Gasteiger partial charge in [0.25, 0.3) is 0 Å². The molecule has 2 N–H and O–H groups in total. The molecule has 0 saturated carbocycles. The zero-order chi connectivity index (χ0) is 14.9. The molecular weight excluding hydrogens is 268 g/mol. The smallest absolute Gasteiger partial charge is 0.228 e. The molecule has 0 radical (unpaired) electrons. The van der Waals surface area contributed by atoms with Crippen molar-refractivity contribution >= 4 is 11.6 Å². The van der Waals surface area contributed by atoms with Crippen LogP contribution in [0.3, 0.4) is 0 Å². The van der Waals surface area contributed by atoms with Crippen molar-refractivity contribution < 1.29 is 14.3 Å². The van der Waals surface area contributed by atoms with Crippen molar-refractivity contribution in [2.75, 3.05) is 38.7 Å². The summed E-state index contributed by atoms with van der Waals surface area (Å²) in [5.74, 6) is 0.167. The molecule has 1 saturated heterocycles. The molecule has 0 unspecified atom stereocenters. The van der Waals surface area contributed by atoms with E-state index in [-0.39, 0.29) is 11.8 Å². The first-order valence-corrected chi connectivity index (χ1v) is 7.47. The van der Waals surface area contributed by atoms with Crippen LogP contribution in [0.1, 0.15) is 18.4 Å². The summed E-state index contributed by atoms with van der Waals surface area (Å²) in [4.78, 5) is 12.2. The highest BCUT2D eigenvalue weighted by atomic mass is 16.5. The minimum Gasteiger partial charge on any atom is -0.382 e. The van der Waals surface area contributed by atoms with Crippen molar-refractivity contribution in [1.29, 1.82) is 0 Å². The molecule has 1 fully saturated rings. The van der Waals surface area contributed by atoms with Gasteiger partial charge in [0.2, 0.25) is 5.91 Å². The number of carbonyl (C=O) groups excluding carboxylic acids is 1. The number of piperidine rings is 1. The average molecular weight is 292 g/mol. The molecule has 1 aliphatic heterocycles. The number of anilines is 1. The maximum atomic E-state index is 12.2. The van der Waals surface area contributed by atoms with E-state index in [1.165, 1.54) is 0 Å². The fourth-order valence-electron chi connectivity index (χ4n) is 2.39. The minimum absolute atomic E-state index is 0.0698. The second-order valence-electron chi connectivity index (χ2n) is 5.28. The van der Waals surface area contributed by atoms with E-state index in [4.69, 9.17) is 9.47 Å². The minimum atomic E-state index is 0.0698. The second-order valence-corrected chi connectivity index (χ2v) is 5.28. The first-order chi connectivity index (χ1) is 10.3. The second kappa shape index (κ2) is 8.77. The molecule has 0 spiro atoms. The summed E-state index contributed by atoms with van der Waals surface area (Å²) in [6.45, 7) is 3.47. The largest absolute Gasteiger partial charge is 0.382 e. The highest BCUT2D eigenvalue weighted by molar-refractivity contribution is 5.92. The highest BCUT2D eigenvalue weighted by Gasteiger charge is 2.20. The van der Waals surface area contributed by atoms with Gasteiger partial charge in [-0.15, -0.1) is 0 Å².